The molecular formula is C18H28N2O2. The lowest BCUT2D eigenvalue weighted by molar-refractivity contribution is -0.132. The molecule has 0 heterocycles. The highest BCUT2D eigenvalue weighted by Crippen LogP contribution is 2.17. The third-order valence-electron chi connectivity index (χ3n) is 4.02. The molecule has 0 aliphatic heterocycles. The first kappa shape index (κ1) is 18.3. The SMILES string of the molecule is C#CCN(CC=C)C(=O)CCC(=O)NC1CCCCCCC1. The van der Waals surface area contributed by atoms with Crippen molar-refractivity contribution in [1.82, 2.24) is 10.2 Å². The quantitative estimate of drug-likeness (QED) is 0.580. The van der Waals surface area contributed by atoms with Crippen LogP contribution >= 0.6 is 0 Å². The summed E-state index contributed by atoms with van der Waals surface area (Å²) in [5.74, 6) is 2.34. The Balaban J connectivity index is 2.32. The van der Waals surface area contributed by atoms with Crippen LogP contribution in [0.2, 0.25) is 0 Å². The summed E-state index contributed by atoms with van der Waals surface area (Å²) in [6.45, 7) is 4.30. The molecule has 1 fully saturated rings. The zero-order valence-electron chi connectivity index (χ0n) is 13.5. The minimum atomic E-state index is -0.0920. The maximum Gasteiger partial charge on any atom is 0.224 e. The Morgan fingerprint density at radius 1 is 1.18 bits per heavy atom. The summed E-state index contributed by atoms with van der Waals surface area (Å²) in [7, 11) is 0. The van der Waals surface area contributed by atoms with Crippen LogP contribution in [0.5, 0.6) is 0 Å². The predicted octanol–water partition coefficient (Wildman–Crippen LogP) is 2.64. The Hall–Kier alpha value is -1.76. The molecule has 0 bridgehead atoms. The second kappa shape index (κ2) is 10.9. The molecule has 0 saturated heterocycles. The number of carbonyl (C=O) groups is 2. The van der Waals surface area contributed by atoms with Crippen molar-refractivity contribution in [3.8, 4) is 12.3 Å². The van der Waals surface area contributed by atoms with Gasteiger partial charge in [0.05, 0.1) is 6.54 Å². The summed E-state index contributed by atoms with van der Waals surface area (Å²) in [6, 6.07) is 0.276. The molecule has 4 heteroatoms. The van der Waals surface area contributed by atoms with Crippen LogP contribution in [0.4, 0.5) is 0 Å². The van der Waals surface area contributed by atoms with Gasteiger partial charge in [0.25, 0.3) is 0 Å². The fourth-order valence-electron chi connectivity index (χ4n) is 2.80. The van der Waals surface area contributed by atoms with Gasteiger partial charge in [-0.2, -0.15) is 0 Å². The van der Waals surface area contributed by atoms with Gasteiger partial charge >= 0.3 is 0 Å². The van der Waals surface area contributed by atoms with Crippen LogP contribution in [0.15, 0.2) is 12.7 Å². The molecule has 1 N–H and O–H groups in total. The number of terminal acetylenes is 1. The lowest BCUT2D eigenvalue weighted by Gasteiger charge is -2.21. The van der Waals surface area contributed by atoms with Gasteiger partial charge in [-0.1, -0.05) is 44.1 Å². The number of amides is 2. The van der Waals surface area contributed by atoms with Crippen molar-refractivity contribution in [2.45, 2.75) is 63.8 Å². The molecule has 22 heavy (non-hydrogen) atoms. The highest BCUT2D eigenvalue weighted by molar-refractivity contribution is 5.84. The van der Waals surface area contributed by atoms with E-state index in [1.165, 1.54) is 37.0 Å². The van der Waals surface area contributed by atoms with Gasteiger partial charge < -0.3 is 10.2 Å². The average Bonchev–Trinajstić information content (AvgIpc) is 2.47. The lowest BCUT2D eigenvalue weighted by Crippen LogP contribution is -2.37. The molecule has 0 aromatic rings. The van der Waals surface area contributed by atoms with E-state index in [1.54, 1.807) is 6.08 Å². The van der Waals surface area contributed by atoms with Gasteiger partial charge in [-0.3, -0.25) is 9.59 Å². The van der Waals surface area contributed by atoms with Crippen LogP contribution in [-0.2, 0) is 9.59 Å². The van der Waals surface area contributed by atoms with Crippen molar-refractivity contribution in [3.05, 3.63) is 12.7 Å². The van der Waals surface area contributed by atoms with Crippen LogP contribution in [0, 0.1) is 12.3 Å². The fraction of sp³-hybridized carbons (Fsp3) is 0.667. The van der Waals surface area contributed by atoms with Gasteiger partial charge in [-0.25, -0.2) is 0 Å². The van der Waals surface area contributed by atoms with Crippen LogP contribution in [0.25, 0.3) is 0 Å². The molecule has 1 aliphatic carbocycles. The van der Waals surface area contributed by atoms with Gasteiger partial charge in [0.2, 0.25) is 11.8 Å². The Kier molecular flexibility index (Phi) is 9.06. The molecule has 4 nitrogen and oxygen atoms in total. The van der Waals surface area contributed by atoms with Crippen molar-refractivity contribution in [2.75, 3.05) is 13.1 Å². The predicted molar refractivity (Wildman–Crippen MR) is 89.1 cm³/mol. The van der Waals surface area contributed by atoms with Crippen LogP contribution in [0.1, 0.15) is 57.8 Å². The van der Waals surface area contributed by atoms with Crippen molar-refractivity contribution in [3.63, 3.8) is 0 Å². The number of rotatable bonds is 7. The Labute approximate surface area is 134 Å². The zero-order chi connectivity index (χ0) is 16.2. The fourth-order valence-corrected chi connectivity index (χ4v) is 2.80. The standard InChI is InChI=1S/C18H28N2O2/c1-3-14-20(15-4-2)18(22)13-12-17(21)19-16-10-8-6-5-7-9-11-16/h1,4,16H,2,5-15H2,(H,19,21). The molecular weight excluding hydrogens is 276 g/mol. The van der Waals surface area contributed by atoms with Gasteiger partial charge in [-0.05, 0) is 12.8 Å². The Morgan fingerprint density at radius 3 is 2.41 bits per heavy atom. The summed E-state index contributed by atoms with van der Waals surface area (Å²) >= 11 is 0. The number of nitrogens with one attached hydrogen (secondary N) is 1. The van der Waals surface area contributed by atoms with Gasteiger partial charge in [0.1, 0.15) is 0 Å². The van der Waals surface area contributed by atoms with E-state index in [4.69, 9.17) is 6.42 Å². The second-order valence-corrected chi connectivity index (χ2v) is 5.88. The van der Waals surface area contributed by atoms with E-state index < -0.39 is 0 Å². The molecule has 0 spiro atoms. The van der Waals surface area contributed by atoms with Crippen molar-refractivity contribution in [2.24, 2.45) is 0 Å². The molecule has 0 unspecified atom stereocenters. The summed E-state index contributed by atoms with van der Waals surface area (Å²) < 4.78 is 0. The molecule has 0 radical (unpaired) electrons. The highest BCUT2D eigenvalue weighted by atomic mass is 16.2. The minimum Gasteiger partial charge on any atom is -0.353 e. The van der Waals surface area contributed by atoms with E-state index in [0.717, 1.165) is 12.8 Å². The van der Waals surface area contributed by atoms with Crippen molar-refractivity contribution in [1.29, 1.82) is 0 Å². The zero-order valence-corrected chi connectivity index (χ0v) is 13.5. The van der Waals surface area contributed by atoms with E-state index in [0.29, 0.717) is 6.54 Å². The summed E-state index contributed by atoms with van der Waals surface area (Å²) in [6.07, 6.45) is 15.6. The number of hydrogen-bond acceptors (Lipinski definition) is 2. The molecule has 0 aromatic heterocycles. The maximum absolute atomic E-state index is 12.0. The van der Waals surface area contributed by atoms with Crippen molar-refractivity contribution < 1.29 is 9.59 Å². The van der Waals surface area contributed by atoms with Gasteiger partial charge in [0, 0.05) is 25.4 Å². The number of nitrogens with zero attached hydrogens (tertiary/aromatic N) is 1. The smallest absolute Gasteiger partial charge is 0.224 e. The van der Waals surface area contributed by atoms with E-state index in [-0.39, 0.29) is 37.2 Å². The normalized spacial score (nSPS) is 16.0. The third-order valence-corrected chi connectivity index (χ3v) is 4.02. The minimum absolute atomic E-state index is 0.0295. The summed E-state index contributed by atoms with van der Waals surface area (Å²) in [5, 5.41) is 3.07. The largest absolute Gasteiger partial charge is 0.353 e. The van der Waals surface area contributed by atoms with E-state index >= 15 is 0 Å². The molecule has 2 amide bonds. The monoisotopic (exact) mass is 304 g/mol. The average molecular weight is 304 g/mol. The lowest BCUT2D eigenvalue weighted by atomic mass is 9.96. The van der Waals surface area contributed by atoms with Crippen molar-refractivity contribution >= 4 is 11.8 Å². The third kappa shape index (κ3) is 7.31. The van der Waals surface area contributed by atoms with E-state index in [1.807, 2.05) is 0 Å². The Bertz CT molecular complexity index is 404. The summed E-state index contributed by atoms with van der Waals surface area (Å²) in [5.41, 5.74) is 0. The van der Waals surface area contributed by atoms with Crippen LogP contribution < -0.4 is 5.32 Å². The highest BCUT2D eigenvalue weighted by Gasteiger charge is 2.16. The Morgan fingerprint density at radius 2 is 1.82 bits per heavy atom. The van der Waals surface area contributed by atoms with Crippen LogP contribution in [-0.4, -0.2) is 35.8 Å². The van der Waals surface area contributed by atoms with E-state index in [2.05, 4.69) is 17.8 Å². The molecule has 0 aromatic carbocycles. The first-order valence-electron chi connectivity index (χ1n) is 8.29. The van der Waals surface area contributed by atoms with Gasteiger partial charge in [0.15, 0.2) is 0 Å². The maximum atomic E-state index is 12.0. The topological polar surface area (TPSA) is 49.4 Å². The van der Waals surface area contributed by atoms with Gasteiger partial charge in [-0.15, -0.1) is 13.0 Å². The van der Waals surface area contributed by atoms with E-state index in [9.17, 15) is 9.59 Å². The molecule has 1 aliphatic rings. The molecule has 1 saturated carbocycles. The molecule has 1 rings (SSSR count). The van der Waals surface area contributed by atoms with Crippen LogP contribution in [0.3, 0.4) is 0 Å². The molecule has 0 atom stereocenters. The number of hydrogen-bond donors (Lipinski definition) is 1. The number of carbonyl (C=O) groups excluding carboxylic acids is 2. The first-order chi connectivity index (χ1) is 10.7. The second-order valence-electron chi connectivity index (χ2n) is 5.88. The first-order valence-corrected chi connectivity index (χ1v) is 8.29. The molecule has 122 valence electrons. The summed E-state index contributed by atoms with van der Waals surface area (Å²) in [4.78, 5) is 25.6.